The Morgan fingerprint density at radius 1 is 1.28 bits per heavy atom. The molecule has 0 spiro atoms. The molecule has 156 valence electrons. The van der Waals surface area contributed by atoms with E-state index in [-0.39, 0.29) is 17.7 Å². The van der Waals surface area contributed by atoms with Gasteiger partial charge in [0.15, 0.2) is 11.0 Å². The third-order valence-electron chi connectivity index (χ3n) is 4.75. The molecule has 7 nitrogen and oxygen atoms in total. The molecule has 0 radical (unpaired) electrons. The fourth-order valence-electron chi connectivity index (χ4n) is 3.16. The molecule has 1 aromatic heterocycles. The van der Waals surface area contributed by atoms with Gasteiger partial charge in [-0.05, 0) is 24.1 Å². The van der Waals surface area contributed by atoms with Gasteiger partial charge < -0.3 is 14.8 Å². The van der Waals surface area contributed by atoms with Crippen molar-refractivity contribution >= 4 is 23.4 Å². The van der Waals surface area contributed by atoms with Crippen LogP contribution in [0.4, 0.5) is 5.69 Å². The van der Waals surface area contributed by atoms with Crippen LogP contribution in [-0.2, 0) is 17.8 Å². The number of amides is 1. The average molecular weight is 416 g/mol. The van der Waals surface area contributed by atoms with Crippen LogP contribution in [0.15, 0.2) is 29.4 Å². The van der Waals surface area contributed by atoms with E-state index in [0.717, 1.165) is 48.0 Å². The molecule has 2 N–H and O–H groups in total. The van der Waals surface area contributed by atoms with E-state index in [1.54, 1.807) is 0 Å². The fourth-order valence-corrected chi connectivity index (χ4v) is 3.94. The molecule has 1 amide bonds. The number of carbonyl (C=O) groups is 1. The molecule has 29 heavy (non-hydrogen) atoms. The molecule has 0 aliphatic rings. The number of hydrogen-bond donors (Lipinski definition) is 2. The SMILES string of the molecule is CCCCn1c(SCC(=O)Nc2ccc(CC#N)cc2)nnc1[C@H](CC)[NH+](C)C. The van der Waals surface area contributed by atoms with E-state index in [1.807, 2.05) is 24.3 Å². The lowest BCUT2D eigenvalue weighted by atomic mass is 10.1. The standard InChI is InChI=1S/C21H30N6OS/c1-5-7-14-27-20(18(6-2)26(3)4)24-25-21(27)29-15-19(28)23-17-10-8-16(9-11-17)12-13-22/h8-11,18H,5-7,12,14-15H2,1-4H3,(H,23,28)/p+1/t18-/m0/s1. The van der Waals surface area contributed by atoms with Crippen molar-refractivity contribution in [3.05, 3.63) is 35.7 Å². The Morgan fingerprint density at radius 2 is 2.00 bits per heavy atom. The van der Waals surface area contributed by atoms with Crippen LogP contribution in [0.5, 0.6) is 0 Å². The highest BCUT2D eigenvalue weighted by Crippen LogP contribution is 2.22. The molecule has 1 heterocycles. The van der Waals surface area contributed by atoms with Gasteiger partial charge in [-0.1, -0.05) is 44.2 Å². The fraction of sp³-hybridized carbons (Fsp3) is 0.524. The number of nitrogens with one attached hydrogen (secondary N) is 2. The van der Waals surface area contributed by atoms with Crippen LogP contribution in [0, 0.1) is 11.3 Å². The number of nitrogens with zero attached hydrogens (tertiary/aromatic N) is 4. The lowest BCUT2D eigenvalue weighted by molar-refractivity contribution is -0.893. The second-order valence-electron chi connectivity index (χ2n) is 7.25. The van der Waals surface area contributed by atoms with Gasteiger partial charge in [0.2, 0.25) is 5.91 Å². The Hall–Kier alpha value is -2.37. The summed E-state index contributed by atoms with van der Waals surface area (Å²) in [7, 11) is 4.27. The summed E-state index contributed by atoms with van der Waals surface area (Å²) in [6.07, 6.45) is 3.50. The maximum atomic E-state index is 12.4. The predicted octanol–water partition coefficient (Wildman–Crippen LogP) is 2.47. The maximum absolute atomic E-state index is 12.4. The topological polar surface area (TPSA) is 88.0 Å². The molecule has 0 aliphatic heterocycles. The van der Waals surface area contributed by atoms with Gasteiger partial charge in [-0.2, -0.15) is 5.26 Å². The van der Waals surface area contributed by atoms with Crippen LogP contribution < -0.4 is 10.2 Å². The van der Waals surface area contributed by atoms with Crippen molar-refractivity contribution in [2.45, 2.75) is 57.3 Å². The molecule has 0 saturated carbocycles. The molecule has 0 saturated heterocycles. The Kier molecular flexibility index (Phi) is 9.16. The van der Waals surface area contributed by atoms with E-state index < -0.39 is 0 Å². The van der Waals surface area contributed by atoms with E-state index >= 15 is 0 Å². The lowest BCUT2D eigenvalue weighted by Crippen LogP contribution is -3.06. The van der Waals surface area contributed by atoms with Crippen molar-refractivity contribution < 1.29 is 9.69 Å². The normalized spacial score (nSPS) is 12.0. The van der Waals surface area contributed by atoms with Crippen LogP contribution in [0.2, 0.25) is 0 Å². The molecule has 1 aromatic carbocycles. The third-order valence-corrected chi connectivity index (χ3v) is 5.72. The summed E-state index contributed by atoms with van der Waals surface area (Å²) in [5.74, 6) is 1.19. The number of carbonyl (C=O) groups excluding carboxylic acids is 1. The summed E-state index contributed by atoms with van der Waals surface area (Å²) in [5.41, 5.74) is 1.66. The number of quaternary nitrogens is 1. The molecule has 2 rings (SSSR count). The highest BCUT2D eigenvalue weighted by molar-refractivity contribution is 7.99. The Balaban J connectivity index is 2.04. The van der Waals surface area contributed by atoms with Crippen molar-refractivity contribution in [3.63, 3.8) is 0 Å². The van der Waals surface area contributed by atoms with E-state index in [9.17, 15) is 4.79 Å². The smallest absolute Gasteiger partial charge is 0.234 e. The van der Waals surface area contributed by atoms with Gasteiger partial charge in [-0.15, -0.1) is 10.2 Å². The molecule has 0 fully saturated rings. The summed E-state index contributed by atoms with van der Waals surface area (Å²) < 4.78 is 2.18. The van der Waals surface area contributed by atoms with Gasteiger partial charge in [0, 0.05) is 18.7 Å². The summed E-state index contributed by atoms with van der Waals surface area (Å²) in [6, 6.07) is 9.76. The van der Waals surface area contributed by atoms with Gasteiger partial charge in [-0.3, -0.25) is 4.79 Å². The molecular formula is C21H31N6OS+. The summed E-state index contributed by atoms with van der Waals surface area (Å²) in [6.45, 7) is 5.20. The quantitative estimate of drug-likeness (QED) is 0.551. The Labute approximate surface area is 177 Å². The van der Waals surface area contributed by atoms with Gasteiger partial charge >= 0.3 is 0 Å². The first-order valence-electron chi connectivity index (χ1n) is 10.1. The third kappa shape index (κ3) is 6.58. The minimum absolute atomic E-state index is 0.0834. The van der Waals surface area contributed by atoms with Crippen LogP contribution in [0.3, 0.4) is 0 Å². The minimum atomic E-state index is -0.0834. The Bertz CT molecular complexity index is 825. The first-order valence-corrected chi connectivity index (χ1v) is 11.1. The van der Waals surface area contributed by atoms with Crippen molar-refractivity contribution in [2.24, 2.45) is 0 Å². The highest BCUT2D eigenvalue weighted by Gasteiger charge is 2.24. The summed E-state index contributed by atoms with van der Waals surface area (Å²) >= 11 is 1.42. The van der Waals surface area contributed by atoms with Gasteiger partial charge in [0.25, 0.3) is 0 Å². The maximum Gasteiger partial charge on any atom is 0.234 e. The first-order chi connectivity index (χ1) is 14.0. The minimum Gasteiger partial charge on any atom is -0.331 e. The number of rotatable bonds is 11. The molecular weight excluding hydrogens is 384 g/mol. The number of thioether (sulfide) groups is 1. The molecule has 0 bridgehead atoms. The lowest BCUT2D eigenvalue weighted by Gasteiger charge is -2.20. The van der Waals surface area contributed by atoms with E-state index in [1.165, 1.54) is 16.7 Å². The second-order valence-corrected chi connectivity index (χ2v) is 8.20. The van der Waals surface area contributed by atoms with Crippen molar-refractivity contribution in [1.82, 2.24) is 14.8 Å². The molecule has 0 aliphatic carbocycles. The zero-order valence-electron chi connectivity index (χ0n) is 17.7. The van der Waals surface area contributed by atoms with Gasteiger partial charge in [0.1, 0.15) is 6.04 Å². The summed E-state index contributed by atoms with van der Waals surface area (Å²) in [4.78, 5) is 13.7. The van der Waals surface area contributed by atoms with Crippen molar-refractivity contribution in [2.75, 3.05) is 25.2 Å². The second kappa shape index (κ2) is 11.6. The number of nitriles is 1. The first kappa shape index (κ1) is 22.9. The number of aromatic nitrogens is 3. The number of hydrogen-bond acceptors (Lipinski definition) is 5. The molecule has 1 atom stereocenters. The average Bonchev–Trinajstić information content (AvgIpc) is 3.09. The van der Waals surface area contributed by atoms with Crippen molar-refractivity contribution in [1.29, 1.82) is 5.26 Å². The zero-order valence-corrected chi connectivity index (χ0v) is 18.6. The number of anilines is 1. The predicted molar refractivity (Wildman–Crippen MR) is 116 cm³/mol. The molecule has 2 aromatic rings. The molecule has 0 unspecified atom stereocenters. The van der Waals surface area contributed by atoms with E-state index in [2.05, 4.69) is 54.1 Å². The zero-order chi connectivity index (χ0) is 21.2. The van der Waals surface area contributed by atoms with E-state index in [0.29, 0.717) is 6.42 Å². The van der Waals surface area contributed by atoms with Crippen LogP contribution in [-0.4, -0.2) is 40.5 Å². The van der Waals surface area contributed by atoms with Crippen LogP contribution in [0.1, 0.15) is 50.5 Å². The largest absolute Gasteiger partial charge is 0.331 e. The number of benzene rings is 1. The van der Waals surface area contributed by atoms with E-state index in [4.69, 9.17) is 5.26 Å². The van der Waals surface area contributed by atoms with Gasteiger partial charge in [-0.25, -0.2) is 0 Å². The highest BCUT2D eigenvalue weighted by atomic mass is 32.2. The van der Waals surface area contributed by atoms with Crippen molar-refractivity contribution in [3.8, 4) is 6.07 Å². The summed E-state index contributed by atoms with van der Waals surface area (Å²) in [5, 5.41) is 21.3. The van der Waals surface area contributed by atoms with Crippen LogP contribution in [0.25, 0.3) is 0 Å². The van der Waals surface area contributed by atoms with Gasteiger partial charge in [0.05, 0.1) is 32.3 Å². The monoisotopic (exact) mass is 415 g/mol. The number of unbranched alkanes of at least 4 members (excludes halogenated alkanes) is 1. The Morgan fingerprint density at radius 3 is 2.59 bits per heavy atom. The molecule has 8 heteroatoms. The van der Waals surface area contributed by atoms with Crippen LogP contribution >= 0.6 is 11.8 Å².